The number of nitrogens with one attached hydrogen (secondary N) is 2. The number of anilines is 1. The smallest absolute Gasteiger partial charge is 0.341 e. The van der Waals surface area contributed by atoms with E-state index in [1.165, 1.54) is 6.07 Å². The lowest BCUT2D eigenvalue weighted by atomic mass is 9.85. The van der Waals surface area contributed by atoms with Crippen molar-refractivity contribution in [2.75, 3.05) is 11.9 Å². The Morgan fingerprint density at radius 1 is 1.15 bits per heavy atom. The number of hydrogen-bond donors (Lipinski definition) is 2. The molecule has 0 aliphatic carbocycles. The van der Waals surface area contributed by atoms with Crippen LogP contribution in [-0.2, 0) is 27.4 Å². The minimum absolute atomic E-state index is 0.0843. The number of esters is 1. The Morgan fingerprint density at radius 2 is 1.98 bits per heavy atom. The van der Waals surface area contributed by atoms with E-state index in [4.69, 9.17) is 21.1 Å². The van der Waals surface area contributed by atoms with Gasteiger partial charge in [0.15, 0.2) is 18.2 Å². The number of nitriles is 1. The molecule has 11 heteroatoms. The van der Waals surface area contributed by atoms with Gasteiger partial charge >= 0.3 is 12.0 Å². The standard InChI is InChI=1S/C29H22ClFN4O5/c30-20-7-2-1-6-18(20)8-9-22-25(28(37)40-14-17-5-3-4-16(10-17)13-32)26(35-29(38)34-22)19-11-21(31)27-23(12-19)33-24(36)15-39-27/h1-7,10-12,25-26H,8-9,14-15H2,(H,33,36)(H,35,38). The van der Waals surface area contributed by atoms with E-state index in [1.807, 2.05) is 18.2 Å². The second-order valence-corrected chi connectivity index (χ2v) is 9.64. The van der Waals surface area contributed by atoms with E-state index in [9.17, 15) is 19.6 Å². The average molecular weight is 561 g/mol. The Bertz CT molecular complexity index is 1580. The zero-order chi connectivity index (χ0) is 28.2. The zero-order valence-electron chi connectivity index (χ0n) is 20.9. The maximum absolute atomic E-state index is 15.0. The first-order valence-corrected chi connectivity index (χ1v) is 12.7. The Morgan fingerprint density at radius 3 is 2.77 bits per heavy atom. The third-order valence-corrected chi connectivity index (χ3v) is 6.93. The number of carbonyl (C=O) groups is 3. The van der Waals surface area contributed by atoms with Crippen LogP contribution in [0.1, 0.15) is 34.7 Å². The van der Waals surface area contributed by atoms with Gasteiger partial charge in [0.05, 0.1) is 23.4 Å². The van der Waals surface area contributed by atoms with Crippen molar-refractivity contribution < 1.29 is 28.2 Å². The van der Waals surface area contributed by atoms with Gasteiger partial charge in [-0.2, -0.15) is 5.26 Å². The highest BCUT2D eigenvalue weighted by molar-refractivity contribution is 6.31. The molecule has 40 heavy (non-hydrogen) atoms. The molecule has 3 aromatic carbocycles. The molecule has 9 nitrogen and oxygen atoms in total. The van der Waals surface area contributed by atoms with E-state index in [2.05, 4.69) is 15.6 Å². The van der Waals surface area contributed by atoms with Crippen LogP contribution in [-0.4, -0.2) is 30.2 Å². The van der Waals surface area contributed by atoms with Gasteiger partial charge in [-0.3, -0.25) is 9.59 Å². The summed E-state index contributed by atoms with van der Waals surface area (Å²) in [6.45, 7) is -0.462. The normalized spacial score (nSPS) is 17.9. The third kappa shape index (κ3) is 5.80. The lowest BCUT2D eigenvalue weighted by Gasteiger charge is -2.32. The van der Waals surface area contributed by atoms with Gasteiger partial charge in [0.25, 0.3) is 5.91 Å². The molecule has 2 N–H and O–H groups in total. The van der Waals surface area contributed by atoms with Crippen LogP contribution in [0.25, 0.3) is 0 Å². The number of fused-ring (bicyclic) bond motifs is 1. The predicted octanol–water partition coefficient (Wildman–Crippen LogP) is 4.88. The highest BCUT2D eigenvalue weighted by Crippen LogP contribution is 2.38. The molecule has 3 amide bonds. The Kier molecular flexibility index (Phi) is 7.75. The van der Waals surface area contributed by atoms with E-state index in [0.29, 0.717) is 22.6 Å². The van der Waals surface area contributed by atoms with Crippen molar-refractivity contribution in [3.05, 3.63) is 93.8 Å². The van der Waals surface area contributed by atoms with Crippen molar-refractivity contribution >= 4 is 40.9 Å². The predicted molar refractivity (Wildman–Crippen MR) is 143 cm³/mol. The summed E-state index contributed by atoms with van der Waals surface area (Å²) in [5.41, 5.74) is 2.35. The van der Waals surface area contributed by atoms with Crippen LogP contribution in [0.2, 0.25) is 5.02 Å². The molecule has 0 saturated heterocycles. The van der Waals surface area contributed by atoms with Crippen LogP contribution in [0.3, 0.4) is 0 Å². The lowest BCUT2D eigenvalue weighted by Crippen LogP contribution is -2.45. The number of ether oxygens (including phenoxy) is 2. The summed E-state index contributed by atoms with van der Waals surface area (Å²) in [5.74, 6) is -3.17. The summed E-state index contributed by atoms with van der Waals surface area (Å²) in [5, 5.41) is 14.9. The van der Waals surface area contributed by atoms with E-state index < -0.39 is 35.7 Å². The highest BCUT2D eigenvalue weighted by Gasteiger charge is 2.40. The fourth-order valence-electron chi connectivity index (χ4n) is 4.70. The van der Waals surface area contributed by atoms with Crippen LogP contribution in [0.5, 0.6) is 5.75 Å². The van der Waals surface area contributed by atoms with E-state index in [0.717, 1.165) is 11.6 Å². The first-order chi connectivity index (χ1) is 19.3. The fourth-order valence-corrected chi connectivity index (χ4v) is 4.93. The lowest BCUT2D eigenvalue weighted by molar-refractivity contribution is -0.148. The van der Waals surface area contributed by atoms with Gasteiger partial charge < -0.3 is 20.1 Å². The molecule has 3 aromatic rings. The number of rotatable bonds is 7. The number of nitrogens with zero attached hydrogens (tertiary/aromatic N) is 2. The molecular weight excluding hydrogens is 539 g/mol. The molecule has 202 valence electrons. The largest absolute Gasteiger partial charge is 0.478 e. The van der Waals surface area contributed by atoms with Crippen molar-refractivity contribution in [2.45, 2.75) is 25.5 Å². The molecule has 0 spiro atoms. The number of carbonyl (C=O) groups excluding carboxylic acids is 3. The van der Waals surface area contributed by atoms with Crippen molar-refractivity contribution in [2.24, 2.45) is 10.9 Å². The Hall–Kier alpha value is -4.75. The second kappa shape index (κ2) is 11.6. The third-order valence-electron chi connectivity index (χ3n) is 6.56. The molecule has 0 aromatic heterocycles. The van der Waals surface area contributed by atoms with Crippen molar-refractivity contribution in [3.63, 3.8) is 0 Å². The van der Waals surface area contributed by atoms with Crippen LogP contribution >= 0.6 is 11.6 Å². The van der Waals surface area contributed by atoms with E-state index >= 15 is 4.39 Å². The number of amides is 3. The maximum Gasteiger partial charge on any atom is 0.341 e. The maximum atomic E-state index is 15.0. The van der Waals surface area contributed by atoms with Gasteiger partial charge in [-0.1, -0.05) is 41.9 Å². The average Bonchev–Trinajstić information content (AvgIpc) is 2.95. The Balaban J connectivity index is 1.48. The first-order valence-electron chi connectivity index (χ1n) is 12.4. The van der Waals surface area contributed by atoms with E-state index in [-0.39, 0.29) is 42.3 Å². The number of aliphatic imine (C=N–C) groups is 1. The molecule has 2 aliphatic heterocycles. The van der Waals surface area contributed by atoms with Crippen LogP contribution < -0.4 is 15.4 Å². The molecule has 2 unspecified atom stereocenters. The monoisotopic (exact) mass is 560 g/mol. The molecule has 0 saturated carbocycles. The molecule has 2 atom stereocenters. The Labute approximate surface area is 233 Å². The summed E-state index contributed by atoms with van der Waals surface area (Å²) in [7, 11) is 0. The number of halogens is 2. The zero-order valence-corrected chi connectivity index (χ0v) is 21.7. The van der Waals surface area contributed by atoms with Crippen LogP contribution in [0, 0.1) is 23.1 Å². The van der Waals surface area contributed by atoms with E-state index in [1.54, 1.807) is 36.4 Å². The van der Waals surface area contributed by atoms with Gasteiger partial charge in [0.1, 0.15) is 12.5 Å². The molecule has 0 bridgehead atoms. The molecule has 2 heterocycles. The van der Waals surface area contributed by atoms with Crippen LogP contribution in [0.15, 0.2) is 65.7 Å². The summed E-state index contributed by atoms with van der Waals surface area (Å²) < 4.78 is 25.8. The summed E-state index contributed by atoms with van der Waals surface area (Å²) in [6.07, 6.45) is 0.583. The first kappa shape index (κ1) is 26.8. The van der Waals surface area contributed by atoms with Crippen molar-refractivity contribution in [1.29, 1.82) is 5.26 Å². The summed E-state index contributed by atoms with van der Waals surface area (Å²) >= 11 is 6.31. The minimum atomic E-state index is -1.11. The van der Waals surface area contributed by atoms with Gasteiger partial charge in [0.2, 0.25) is 0 Å². The molecular formula is C29H22ClFN4O5. The van der Waals surface area contributed by atoms with Crippen LogP contribution in [0.4, 0.5) is 14.9 Å². The molecule has 2 aliphatic rings. The summed E-state index contributed by atoms with van der Waals surface area (Å²) in [4.78, 5) is 42.2. The summed E-state index contributed by atoms with van der Waals surface area (Å²) in [6, 6.07) is 16.7. The fraction of sp³-hybridized carbons (Fsp3) is 0.207. The highest BCUT2D eigenvalue weighted by atomic mass is 35.5. The molecule has 5 rings (SSSR count). The second-order valence-electron chi connectivity index (χ2n) is 9.24. The van der Waals surface area contributed by atoms with Gasteiger partial charge in [0, 0.05) is 10.7 Å². The molecule has 0 radical (unpaired) electrons. The van der Waals surface area contributed by atoms with Crippen molar-refractivity contribution in [1.82, 2.24) is 5.32 Å². The van der Waals surface area contributed by atoms with Gasteiger partial charge in [-0.25, -0.2) is 14.2 Å². The number of benzene rings is 3. The quantitative estimate of drug-likeness (QED) is 0.396. The minimum Gasteiger partial charge on any atom is -0.478 e. The molecule has 0 fully saturated rings. The van der Waals surface area contributed by atoms with Gasteiger partial charge in [-0.15, -0.1) is 0 Å². The van der Waals surface area contributed by atoms with Gasteiger partial charge in [-0.05, 0) is 59.9 Å². The topological polar surface area (TPSA) is 130 Å². The number of hydrogen-bond acceptors (Lipinski definition) is 6. The number of aryl methyl sites for hydroxylation is 1. The SMILES string of the molecule is N#Cc1cccc(COC(=O)C2C(CCc3ccccc3Cl)=NC(=O)NC2c2cc(F)c3c(c2)NC(=O)CO3)c1. The van der Waals surface area contributed by atoms with Crippen molar-refractivity contribution in [3.8, 4) is 11.8 Å². The number of urea groups is 1.